The van der Waals surface area contributed by atoms with Gasteiger partial charge in [0.15, 0.2) is 0 Å². The van der Waals surface area contributed by atoms with Crippen molar-refractivity contribution in [3.8, 4) is 0 Å². The molecule has 2 aromatic carbocycles. The molecule has 0 aromatic heterocycles. The summed E-state index contributed by atoms with van der Waals surface area (Å²) >= 11 is 0. The monoisotopic (exact) mass is 536 g/mol. The molecule has 3 nitrogen and oxygen atoms in total. The quantitative estimate of drug-likeness (QED) is 0.343. The first-order valence-corrected chi connectivity index (χ1v) is 15.1. The summed E-state index contributed by atoms with van der Waals surface area (Å²) in [5, 5.41) is 3.26. The Morgan fingerprint density at radius 1 is 1.15 bits per heavy atom. The van der Waals surface area contributed by atoms with Crippen LogP contribution in [0.15, 0.2) is 91.2 Å². The summed E-state index contributed by atoms with van der Waals surface area (Å²) in [4.78, 5) is 15.9. The lowest BCUT2D eigenvalue weighted by molar-refractivity contribution is 0.0940. The topological polar surface area (TPSA) is 32.3 Å². The maximum Gasteiger partial charge on any atom is 0.251 e. The van der Waals surface area contributed by atoms with Gasteiger partial charge in [-0.2, -0.15) is 0 Å². The van der Waals surface area contributed by atoms with Crippen LogP contribution in [0, 0.1) is 10.8 Å². The fraction of sp³-hybridized carbons (Fsp3) is 0.432. The molecule has 1 spiro atoms. The molecule has 2 aromatic rings. The Hall–Kier alpha value is -3.33. The summed E-state index contributed by atoms with van der Waals surface area (Å²) in [6.07, 6.45) is 18.2. The van der Waals surface area contributed by atoms with E-state index in [1.807, 2.05) is 12.1 Å². The largest absolute Gasteiger partial charge is 0.371 e. The lowest BCUT2D eigenvalue weighted by Crippen LogP contribution is -2.37. The van der Waals surface area contributed by atoms with Crippen LogP contribution in [0.2, 0.25) is 0 Å². The lowest BCUT2D eigenvalue weighted by Gasteiger charge is -2.35. The molecule has 1 N–H and O–H groups in total. The number of amides is 1. The number of likely N-dealkylation sites (tertiary alicyclic amines) is 1. The normalized spacial score (nSPS) is 24.6. The molecule has 2 aliphatic carbocycles. The predicted molar refractivity (Wildman–Crippen MR) is 170 cm³/mol. The molecule has 2 atom stereocenters. The molecule has 1 aliphatic heterocycles. The zero-order valence-electron chi connectivity index (χ0n) is 24.9. The first kappa shape index (κ1) is 28.2. The molecular formula is C37H48N2O. The smallest absolute Gasteiger partial charge is 0.251 e. The summed E-state index contributed by atoms with van der Waals surface area (Å²) in [5.41, 5.74) is 7.49. The van der Waals surface area contributed by atoms with Crippen molar-refractivity contribution in [3.63, 3.8) is 0 Å². The molecule has 5 rings (SSSR count). The van der Waals surface area contributed by atoms with Crippen LogP contribution in [0.25, 0.3) is 5.57 Å². The van der Waals surface area contributed by atoms with Crippen molar-refractivity contribution in [2.24, 2.45) is 10.8 Å². The first-order valence-electron chi connectivity index (χ1n) is 15.1. The van der Waals surface area contributed by atoms with Gasteiger partial charge in [-0.25, -0.2) is 0 Å². The van der Waals surface area contributed by atoms with Crippen molar-refractivity contribution in [2.45, 2.75) is 71.6 Å². The molecule has 1 fully saturated rings. The SMILES string of the molecule is C=CC(C)(C)c1cc(C(=O)NCC2(C)C=C(N3CCC4(CC=C(c5ccccc5)CC4)C3)C=CC2)ccc1CC.[HH]. The number of aryl methyl sites for hydroxylation is 1. The highest BCUT2D eigenvalue weighted by Gasteiger charge is 2.40. The third-order valence-electron chi connectivity index (χ3n) is 9.63. The average Bonchev–Trinajstić information content (AvgIpc) is 3.40. The van der Waals surface area contributed by atoms with Gasteiger partial charge in [0.25, 0.3) is 5.91 Å². The molecule has 3 heteroatoms. The molecule has 1 saturated heterocycles. The number of nitrogens with zero attached hydrogens (tertiary/aromatic N) is 1. The molecule has 2 unspecified atom stereocenters. The third-order valence-corrected chi connectivity index (χ3v) is 9.63. The maximum atomic E-state index is 13.3. The van der Waals surface area contributed by atoms with E-state index >= 15 is 0 Å². The highest BCUT2D eigenvalue weighted by atomic mass is 16.1. The van der Waals surface area contributed by atoms with Crippen molar-refractivity contribution in [1.82, 2.24) is 10.2 Å². The van der Waals surface area contributed by atoms with Gasteiger partial charge < -0.3 is 10.2 Å². The Morgan fingerprint density at radius 3 is 2.65 bits per heavy atom. The Kier molecular flexibility index (Phi) is 7.95. The van der Waals surface area contributed by atoms with Crippen LogP contribution in [-0.4, -0.2) is 30.4 Å². The van der Waals surface area contributed by atoms with E-state index in [-0.39, 0.29) is 18.2 Å². The first-order chi connectivity index (χ1) is 19.2. The van der Waals surface area contributed by atoms with Gasteiger partial charge >= 0.3 is 0 Å². The Bertz CT molecular complexity index is 1350. The maximum absolute atomic E-state index is 13.3. The Morgan fingerprint density at radius 2 is 1.95 bits per heavy atom. The van der Waals surface area contributed by atoms with Crippen LogP contribution < -0.4 is 5.32 Å². The number of carbonyl (C=O) groups is 1. The van der Waals surface area contributed by atoms with E-state index in [1.54, 1.807) is 0 Å². The molecule has 1 amide bonds. The van der Waals surface area contributed by atoms with E-state index in [0.717, 1.165) is 31.5 Å². The van der Waals surface area contributed by atoms with Gasteiger partial charge in [0.05, 0.1) is 0 Å². The molecule has 0 radical (unpaired) electrons. The second kappa shape index (κ2) is 11.3. The highest BCUT2D eigenvalue weighted by molar-refractivity contribution is 5.94. The van der Waals surface area contributed by atoms with Crippen molar-refractivity contribution in [3.05, 3.63) is 113 Å². The molecule has 40 heavy (non-hydrogen) atoms. The molecule has 0 saturated carbocycles. The van der Waals surface area contributed by atoms with E-state index in [4.69, 9.17) is 0 Å². The summed E-state index contributed by atoms with van der Waals surface area (Å²) in [6, 6.07) is 17.0. The number of benzene rings is 2. The molecule has 3 aliphatic rings. The van der Waals surface area contributed by atoms with Crippen molar-refractivity contribution in [2.75, 3.05) is 19.6 Å². The number of rotatable bonds is 8. The van der Waals surface area contributed by atoms with Crippen molar-refractivity contribution in [1.29, 1.82) is 0 Å². The van der Waals surface area contributed by atoms with Crippen molar-refractivity contribution < 1.29 is 6.22 Å². The van der Waals surface area contributed by atoms with Gasteiger partial charge in [-0.15, -0.1) is 6.58 Å². The Labute approximate surface area is 243 Å². The fourth-order valence-electron chi connectivity index (χ4n) is 6.74. The summed E-state index contributed by atoms with van der Waals surface area (Å²) in [6.45, 7) is 15.6. The molecule has 1 heterocycles. The summed E-state index contributed by atoms with van der Waals surface area (Å²) < 4.78 is 0. The van der Waals surface area contributed by atoms with Gasteiger partial charge in [-0.05, 0) is 84.4 Å². The van der Waals surface area contributed by atoms with Gasteiger partial charge in [0.1, 0.15) is 0 Å². The van der Waals surface area contributed by atoms with Crippen LogP contribution in [0.4, 0.5) is 0 Å². The highest BCUT2D eigenvalue weighted by Crippen LogP contribution is 2.46. The second-order valence-corrected chi connectivity index (χ2v) is 13.1. The zero-order chi connectivity index (χ0) is 28.4. The minimum absolute atomic E-state index is 0. The standard InChI is InChI=1S/C37H46N2O.H2/c1-6-28-15-16-31(24-33(28)35(3,4)7-2)34(40)38-26-36(5)19-11-14-32(25-36)39-23-22-37(27-39)20-17-30(18-21-37)29-12-9-8-10-13-29;/h7-17,24-25H,2,6,18-23,26-27H2,1,3-5H3,(H,38,40);1H. The van der Waals surface area contributed by atoms with Crippen LogP contribution >= 0.6 is 0 Å². The molecule has 0 bridgehead atoms. The van der Waals surface area contributed by atoms with Gasteiger partial charge in [-0.3, -0.25) is 4.79 Å². The van der Waals surface area contributed by atoms with Crippen LogP contribution in [0.1, 0.15) is 88.3 Å². The van der Waals surface area contributed by atoms with Gasteiger partial charge in [0, 0.05) is 43.2 Å². The van der Waals surface area contributed by atoms with E-state index in [2.05, 4.69) is 111 Å². The third kappa shape index (κ3) is 5.89. The van der Waals surface area contributed by atoms with E-state index in [9.17, 15) is 4.79 Å². The average molecular weight is 537 g/mol. The minimum Gasteiger partial charge on any atom is -0.371 e. The van der Waals surface area contributed by atoms with E-state index in [0.29, 0.717) is 12.0 Å². The fourth-order valence-corrected chi connectivity index (χ4v) is 6.74. The number of allylic oxidation sites excluding steroid dienone is 5. The van der Waals surface area contributed by atoms with Crippen LogP contribution in [0.3, 0.4) is 0 Å². The summed E-state index contributed by atoms with van der Waals surface area (Å²) in [7, 11) is 0. The Balaban J connectivity index is 0.00000387. The number of hydrogen-bond donors (Lipinski definition) is 1. The number of nitrogens with one attached hydrogen (secondary N) is 1. The summed E-state index contributed by atoms with van der Waals surface area (Å²) in [5.74, 6) is -0.00201. The van der Waals surface area contributed by atoms with Gasteiger partial charge in [-0.1, -0.05) is 88.4 Å². The van der Waals surface area contributed by atoms with E-state index < -0.39 is 0 Å². The minimum atomic E-state index is -0.177. The lowest BCUT2D eigenvalue weighted by atomic mass is 9.73. The van der Waals surface area contributed by atoms with Crippen LogP contribution in [0.5, 0.6) is 0 Å². The molecule has 212 valence electrons. The molecular weight excluding hydrogens is 488 g/mol. The van der Waals surface area contributed by atoms with E-state index in [1.165, 1.54) is 53.6 Å². The van der Waals surface area contributed by atoms with Gasteiger partial charge in [0.2, 0.25) is 0 Å². The zero-order valence-corrected chi connectivity index (χ0v) is 24.9. The van der Waals surface area contributed by atoms with Crippen molar-refractivity contribution >= 4 is 11.5 Å². The second-order valence-electron chi connectivity index (χ2n) is 13.1. The predicted octanol–water partition coefficient (Wildman–Crippen LogP) is 8.50. The number of hydrogen-bond acceptors (Lipinski definition) is 2. The van der Waals surface area contributed by atoms with Crippen LogP contribution in [-0.2, 0) is 11.8 Å². The number of carbonyl (C=O) groups excluding carboxylic acids is 1.